The van der Waals surface area contributed by atoms with E-state index in [1.807, 2.05) is 47.0 Å². The second kappa shape index (κ2) is 11.1. The van der Waals surface area contributed by atoms with Gasteiger partial charge in [0.25, 0.3) is 0 Å². The van der Waals surface area contributed by atoms with Crippen LogP contribution in [0.2, 0.25) is 0 Å². The molecule has 9 heteroatoms. The highest BCUT2D eigenvalue weighted by Crippen LogP contribution is 2.32. The molecule has 0 aliphatic rings. The average molecular weight is 502 g/mol. The Kier molecular flexibility index (Phi) is 7.70. The van der Waals surface area contributed by atoms with Gasteiger partial charge in [-0.05, 0) is 66.1 Å². The summed E-state index contributed by atoms with van der Waals surface area (Å²) in [5, 5.41) is 12.4. The molecule has 8 nitrogen and oxygen atoms in total. The molecule has 0 unspecified atom stereocenters. The zero-order valence-electron chi connectivity index (χ0n) is 20.3. The number of primary amides is 1. The highest BCUT2D eigenvalue weighted by Gasteiger charge is 2.20. The Bertz CT molecular complexity index is 1370. The Morgan fingerprint density at radius 1 is 1.00 bits per heavy atom. The van der Waals surface area contributed by atoms with Gasteiger partial charge >= 0.3 is 0 Å². The fourth-order valence-corrected chi connectivity index (χ4v) is 4.48. The van der Waals surface area contributed by atoms with Crippen molar-refractivity contribution >= 4 is 29.3 Å². The predicted molar refractivity (Wildman–Crippen MR) is 142 cm³/mol. The number of amides is 2. The maximum Gasteiger partial charge on any atom is 0.248 e. The topological polar surface area (TPSA) is 112 Å². The van der Waals surface area contributed by atoms with Crippen molar-refractivity contribution < 1.29 is 14.3 Å². The molecule has 3 N–H and O–H groups in total. The van der Waals surface area contributed by atoms with Crippen molar-refractivity contribution in [1.29, 1.82) is 0 Å². The lowest BCUT2D eigenvalue weighted by Gasteiger charge is -2.17. The Labute approximate surface area is 213 Å². The summed E-state index contributed by atoms with van der Waals surface area (Å²) in [5.74, 6) is 1.11. The number of rotatable bonds is 9. The Morgan fingerprint density at radius 3 is 2.33 bits per heavy atom. The van der Waals surface area contributed by atoms with Gasteiger partial charge < -0.3 is 15.8 Å². The van der Waals surface area contributed by atoms with Crippen molar-refractivity contribution in [2.45, 2.75) is 24.9 Å². The van der Waals surface area contributed by atoms with Crippen LogP contribution in [0.5, 0.6) is 5.75 Å². The fraction of sp³-hybridized carbons (Fsp3) is 0.185. The molecule has 0 radical (unpaired) electrons. The van der Waals surface area contributed by atoms with Gasteiger partial charge in [-0.2, -0.15) is 0 Å². The molecule has 1 heterocycles. The number of hydrogen-bond donors (Lipinski definition) is 2. The van der Waals surface area contributed by atoms with Crippen molar-refractivity contribution in [1.82, 2.24) is 14.8 Å². The van der Waals surface area contributed by atoms with Crippen molar-refractivity contribution in [2.75, 3.05) is 18.2 Å². The standard InChI is InChI=1S/C27H27N5O3S/c1-17(2)22-6-4-5-7-23(22)32-26(19-10-14-21(35-3)15-11-19)30-31-27(32)36-16-24(33)29-20-12-8-18(9-13-20)25(28)34/h4-15,17H,16H2,1-3H3,(H2,28,34)(H,29,33). The monoisotopic (exact) mass is 501 g/mol. The van der Waals surface area contributed by atoms with Crippen molar-refractivity contribution in [3.05, 3.63) is 83.9 Å². The zero-order chi connectivity index (χ0) is 25.7. The molecule has 0 aliphatic carbocycles. The first kappa shape index (κ1) is 25.0. The van der Waals surface area contributed by atoms with E-state index in [0.29, 0.717) is 22.2 Å². The first-order valence-electron chi connectivity index (χ1n) is 11.4. The number of nitrogens with one attached hydrogen (secondary N) is 1. The third-order valence-electron chi connectivity index (χ3n) is 5.57. The van der Waals surface area contributed by atoms with Crippen LogP contribution in [-0.2, 0) is 4.79 Å². The van der Waals surface area contributed by atoms with E-state index in [9.17, 15) is 9.59 Å². The molecule has 0 spiro atoms. The van der Waals surface area contributed by atoms with Crippen LogP contribution in [0.15, 0.2) is 78.0 Å². The van der Waals surface area contributed by atoms with Gasteiger partial charge in [-0.1, -0.05) is 43.8 Å². The fourth-order valence-electron chi connectivity index (χ4n) is 3.73. The number of para-hydroxylation sites is 1. The molecule has 2 amide bonds. The second-order valence-electron chi connectivity index (χ2n) is 8.36. The number of methoxy groups -OCH3 is 1. The van der Waals surface area contributed by atoms with Crippen LogP contribution in [0.1, 0.15) is 35.7 Å². The van der Waals surface area contributed by atoms with Crippen LogP contribution < -0.4 is 15.8 Å². The van der Waals surface area contributed by atoms with Crippen LogP contribution in [0.3, 0.4) is 0 Å². The zero-order valence-corrected chi connectivity index (χ0v) is 21.1. The number of ether oxygens (including phenoxy) is 1. The minimum atomic E-state index is -0.517. The van der Waals surface area contributed by atoms with E-state index in [1.165, 1.54) is 11.8 Å². The molecule has 0 fully saturated rings. The van der Waals surface area contributed by atoms with Gasteiger partial charge in [-0.3, -0.25) is 14.2 Å². The summed E-state index contributed by atoms with van der Waals surface area (Å²) < 4.78 is 7.29. The van der Waals surface area contributed by atoms with E-state index in [2.05, 4.69) is 35.4 Å². The Hall–Kier alpha value is -4.11. The SMILES string of the molecule is COc1ccc(-c2nnc(SCC(=O)Nc3ccc(C(N)=O)cc3)n2-c2ccccc2C(C)C)cc1. The molecule has 4 aromatic rings. The van der Waals surface area contributed by atoms with E-state index in [-0.39, 0.29) is 17.6 Å². The Balaban J connectivity index is 1.62. The maximum absolute atomic E-state index is 12.7. The van der Waals surface area contributed by atoms with E-state index in [4.69, 9.17) is 10.5 Å². The Morgan fingerprint density at radius 2 is 1.69 bits per heavy atom. The van der Waals surface area contributed by atoms with E-state index >= 15 is 0 Å². The van der Waals surface area contributed by atoms with Crippen LogP contribution >= 0.6 is 11.8 Å². The quantitative estimate of drug-likeness (QED) is 0.316. The smallest absolute Gasteiger partial charge is 0.248 e. The third-order valence-corrected chi connectivity index (χ3v) is 6.50. The van der Waals surface area contributed by atoms with E-state index < -0.39 is 5.91 Å². The normalized spacial score (nSPS) is 10.9. The summed E-state index contributed by atoms with van der Waals surface area (Å²) in [7, 11) is 1.63. The molecule has 0 atom stereocenters. The van der Waals surface area contributed by atoms with Crippen LogP contribution in [-0.4, -0.2) is 39.4 Å². The molecule has 0 bridgehead atoms. The van der Waals surface area contributed by atoms with Crippen LogP contribution in [0.25, 0.3) is 17.1 Å². The van der Waals surface area contributed by atoms with Crippen LogP contribution in [0, 0.1) is 0 Å². The van der Waals surface area contributed by atoms with E-state index in [1.54, 1.807) is 31.4 Å². The molecule has 4 rings (SSSR count). The molecule has 184 valence electrons. The van der Waals surface area contributed by atoms with Gasteiger partial charge in [-0.25, -0.2) is 0 Å². The van der Waals surface area contributed by atoms with Crippen molar-refractivity contribution in [3.8, 4) is 22.8 Å². The summed E-state index contributed by atoms with van der Waals surface area (Å²) >= 11 is 1.30. The highest BCUT2D eigenvalue weighted by molar-refractivity contribution is 7.99. The number of carbonyl (C=O) groups is 2. The number of thioether (sulfide) groups is 1. The minimum absolute atomic E-state index is 0.127. The van der Waals surface area contributed by atoms with Crippen molar-refractivity contribution in [2.24, 2.45) is 5.73 Å². The summed E-state index contributed by atoms with van der Waals surface area (Å²) in [4.78, 5) is 23.9. The maximum atomic E-state index is 12.7. The van der Waals surface area contributed by atoms with Gasteiger partial charge in [-0.15, -0.1) is 10.2 Å². The average Bonchev–Trinajstić information content (AvgIpc) is 3.31. The first-order valence-corrected chi connectivity index (χ1v) is 12.4. The lowest BCUT2D eigenvalue weighted by Crippen LogP contribution is -2.15. The predicted octanol–water partition coefficient (Wildman–Crippen LogP) is 4.90. The molecule has 0 aliphatic heterocycles. The molecule has 0 saturated carbocycles. The van der Waals surface area contributed by atoms with E-state index in [0.717, 1.165) is 22.6 Å². The minimum Gasteiger partial charge on any atom is -0.497 e. The molecule has 36 heavy (non-hydrogen) atoms. The summed E-state index contributed by atoms with van der Waals surface area (Å²) in [5.41, 5.74) is 9.23. The highest BCUT2D eigenvalue weighted by atomic mass is 32.2. The van der Waals surface area contributed by atoms with Gasteiger partial charge in [0.1, 0.15) is 5.75 Å². The first-order chi connectivity index (χ1) is 17.4. The summed E-state index contributed by atoms with van der Waals surface area (Å²) in [6.07, 6.45) is 0. The molecular weight excluding hydrogens is 474 g/mol. The molecule has 0 saturated heterocycles. The molecule has 1 aromatic heterocycles. The number of nitrogens with two attached hydrogens (primary N) is 1. The second-order valence-corrected chi connectivity index (χ2v) is 9.30. The number of anilines is 1. The van der Waals surface area contributed by atoms with Gasteiger partial charge in [0.05, 0.1) is 18.6 Å². The van der Waals surface area contributed by atoms with Crippen molar-refractivity contribution in [3.63, 3.8) is 0 Å². The number of carbonyl (C=O) groups excluding carboxylic acids is 2. The lowest BCUT2D eigenvalue weighted by atomic mass is 10.0. The summed E-state index contributed by atoms with van der Waals surface area (Å²) in [6.45, 7) is 4.28. The molecule has 3 aromatic carbocycles. The van der Waals surface area contributed by atoms with Gasteiger partial charge in [0.15, 0.2) is 11.0 Å². The van der Waals surface area contributed by atoms with Crippen LogP contribution in [0.4, 0.5) is 5.69 Å². The molecular formula is C27H27N5O3S. The van der Waals surface area contributed by atoms with Gasteiger partial charge in [0.2, 0.25) is 11.8 Å². The number of nitrogens with zero attached hydrogens (tertiary/aromatic N) is 3. The number of benzene rings is 3. The lowest BCUT2D eigenvalue weighted by molar-refractivity contribution is -0.113. The van der Waals surface area contributed by atoms with Gasteiger partial charge in [0, 0.05) is 16.8 Å². The largest absolute Gasteiger partial charge is 0.497 e. The number of aromatic nitrogens is 3. The number of hydrogen-bond acceptors (Lipinski definition) is 6. The third kappa shape index (κ3) is 5.58. The summed E-state index contributed by atoms with van der Waals surface area (Å²) in [6, 6.07) is 22.2.